The summed E-state index contributed by atoms with van der Waals surface area (Å²) in [5.74, 6) is -0.714. The van der Waals surface area contributed by atoms with Crippen LogP contribution in [0.1, 0.15) is 22.5 Å². The summed E-state index contributed by atoms with van der Waals surface area (Å²) in [6.45, 7) is 2.38. The predicted molar refractivity (Wildman–Crippen MR) is 80.9 cm³/mol. The average Bonchev–Trinajstić information content (AvgIpc) is 2.97. The molecule has 2 N–H and O–H groups in total. The molecule has 0 aliphatic carbocycles. The van der Waals surface area contributed by atoms with Gasteiger partial charge in [0.25, 0.3) is 11.8 Å². The Morgan fingerprint density at radius 1 is 1.17 bits per heavy atom. The smallest absolute Gasteiger partial charge is 0.278 e. The molecule has 2 aromatic rings. The lowest BCUT2D eigenvalue weighted by Crippen LogP contribution is -2.32. The number of carbonyl (C=O) groups is 2. The second-order valence-electron chi connectivity index (χ2n) is 4.87. The molecular formula is C15H17FN4O4. The quantitative estimate of drug-likeness (QED) is 0.692. The van der Waals surface area contributed by atoms with E-state index in [4.69, 9.17) is 4.74 Å². The van der Waals surface area contributed by atoms with E-state index < -0.39 is 5.82 Å². The van der Waals surface area contributed by atoms with Gasteiger partial charge in [-0.3, -0.25) is 9.59 Å². The van der Waals surface area contributed by atoms with Crippen molar-refractivity contribution in [1.29, 1.82) is 0 Å². The molecule has 8 nitrogen and oxygen atoms in total. The summed E-state index contributed by atoms with van der Waals surface area (Å²) in [6, 6.07) is 5.16. The topological polar surface area (TPSA) is 106 Å². The largest absolute Gasteiger partial charge is 0.472 e. The molecule has 1 aromatic heterocycles. The van der Waals surface area contributed by atoms with Gasteiger partial charge >= 0.3 is 0 Å². The van der Waals surface area contributed by atoms with Crippen LogP contribution in [0.25, 0.3) is 0 Å². The van der Waals surface area contributed by atoms with E-state index in [1.54, 1.807) is 6.92 Å². The SMILES string of the molecule is Cc1nonc1OCCNC(=O)CCNC(=O)c1ccc(F)cc1. The van der Waals surface area contributed by atoms with Crippen molar-refractivity contribution in [3.63, 3.8) is 0 Å². The van der Waals surface area contributed by atoms with E-state index in [9.17, 15) is 14.0 Å². The van der Waals surface area contributed by atoms with Gasteiger partial charge in [-0.15, -0.1) is 0 Å². The van der Waals surface area contributed by atoms with Gasteiger partial charge in [-0.1, -0.05) is 5.16 Å². The van der Waals surface area contributed by atoms with E-state index in [2.05, 4.69) is 25.6 Å². The Bertz CT molecular complexity index is 687. The second kappa shape index (κ2) is 8.61. The van der Waals surface area contributed by atoms with Crippen molar-refractivity contribution in [2.24, 2.45) is 0 Å². The van der Waals surface area contributed by atoms with Gasteiger partial charge in [0, 0.05) is 18.5 Å². The average molecular weight is 336 g/mol. The third-order valence-corrected chi connectivity index (χ3v) is 3.02. The number of hydrogen-bond acceptors (Lipinski definition) is 6. The molecule has 0 fully saturated rings. The lowest BCUT2D eigenvalue weighted by molar-refractivity contribution is -0.121. The van der Waals surface area contributed by atoms with Crippen LogP contribution in [0.15, 0.2) is 28.9 Å². The maximum Gasteiger partial charge on any atom is 0.278 e. The van der Waals surface area contributed by atoms with E-state index in [1.807, 2.05) is 0 Å². The number of nitrogens with one attached hydrogen (secondary N) is 2. The summed E-state index contributed by atoms with van der Waals surface area (Å²) in [5.41, 5.74) is 0.867. The Kier molecular flexibility index (Phi) is 6.23. The van der Waals surface area contributed by atoms with Gasteiger partial charge in [0.1, 0.15) is 18.1 Å². The third-order valence-electron chi connectivity index (χ3n) is 3.02. The fraction of sp³-hybridized carbons (Fsp3) is 0.333. The first kappa shape index (κ1) is 17.4. The lowest BCUT2D eigenvalue weighted by Gasteiger charge is -2.07. The number of benzene rings is 1. The number of halogens is 1. The minimum Gasteiger partial charge on any atom is -0.472 e. The molecule has 9 heteroatoms. The van der Waals surface area contributed by atoms with Crippen LogP contribution in [-0.2, 0) is 4.79 Å². The van der Waals surface area contributed by atoms with E-state index >= 15 is 0 Å². The van der Waals surface area contributed by atoms with Crippen LogP contribution in [0.3, 0.4) is 0 Å². The molecule has 2 rings (SSSR count). The maximum atomic E-state index is 12.8. The van der Waals surface area contributed by atoms with Crippen LogP contribution in [0, 0.1) is 12.7 Å². The molecule has 0 spiro atoms. The maximum absolute atomic E-state index is 12.8. The zero-order valence-electron chi connectivity index (χ0n) is 13.0. The van der Waals surface area contributed by atoms with Crippen molar-refractivity contribution in [2.45, 2.75) is 13.3 Å². The number of amides is 2. The Labute approximate surface area is 137 Å². The van der Waals surface area contributed by atoms with E-state index in [-0.39, 0.29) is 43.8 Å². The Morgan fingerprint density at radius 2 is 1.92 bits per heavy atom. The van der Waals surface area contributed by atoms with Crippen LogP contribution < -0.4 is 15.4 Å². The minimum atomic E-state index is -0.412. The predicted octanol–water partition coefficient (Wildman–Crippen LogP) is 0.832. The first-order chi connectivity index (χ1) is 11.6. The normalized spacial score (nSPS) is 10.2. The van der Waals surface area contributed by atoms with Gasteiger partial charge in [0.15, 0.2) is 0 Å². The van der Waals surface area contributed by atoms with Crippen LogP contribution in [0.2, 0.25) is 0 Å². The highest BCUT2D eigenvalue weighted by atomic mass is 19.1. The number of aromatic nitrogens is 2. The number of carbonyl (C=O) groups excluding carboxylic acids is 2. The fourth-order valence-electron chi connectivity index (χ4n) is 1.77. The van der Waals surface area contributed by atoms with Crippen molar-refractivity contribution in [1.82, 2.24) is 20.9 Å². The third kappa shape index (κ3) is 5.34. The molecule has 24 heavy (non-hydrogen) atoms. The summed E-state index contributed by atoms with van der Waals surface area (Å²) in [6.07, 6.45) is 0.122. The number of ether oxygens (including phenoxy) is 1. The van der Waals surface area contributed by atoms with Gasteiger partial charge in [0.05, 0.1) is 6.54 Å². The Balaban J connectivity index is 1.58. The van der Waals surface area contributed by atoms with E-state index in [0.717, 1.165) is 0 Å². The van der Waals surface area contributed by atoms with Crippen LogP contribution in [0.4, 0.5) is 4.39 Å². The zero-order chi connectivity index (χ0) is 17.4. The molecule has 2 amide bonds. The first-order valence-corrected chi connectivity index (χ1v) is 7.28. The molecular weight excluding hydrogens is 319 g/mol. The highest BCUT2D eigenvalue weighted by molar-refractivity contribution is 5.94. The molecule has 0 atom stereocenters. The van der Waals surface area contributed by atoms with E-state index in [0.29, 0.717) is 11.3 Å². The summed E-state index contributed by atoms with van der Waals surface area (Å²) in [4.78, 5) is 23.4. The highest BCUT2D eigenvalue weighted by Crippen LogP contribution is 2.09. The summed E-state index contributed by atoms with van der Waals surface area (Å²) in [5, 5.41) is 12.3. The monoisotopic (exact) mass is 336 g/mol. The minimum absolute atomic E-state index is 0.122. The second-order valence-corrected chi connectivity index (χ2v) is 4.87. The van der Waals surface area contributed by atoms with Crippen molar-refractivity contribution < 1.29 is 23.3 Å². The standard InChI is InChI=1S/C15H17FN4O4/c1-10-15(20-24-19-10)23-9-8-17-13(21)6-7-18-14(22)11-2-4-12(16)5-3-11/h2-5H,6-9H2,1H3,(H,17,21)(H,18,22). The molecule has 0 aliphatic rings. The van der Waals surface area contributed by atoms with Crippen LogP contribution in [0.5, 0.6) is 5.88 Å². The molecule has 0 aliphatic heterocycles. The molecule has 1 aromatic carbocycles. The van der Waals surface area contributed by atoms with Crippen LogP contribution >= 0.6 is 0 Å². The van der Waals surface area contributed by atoms with Crippen molar-refractivity contribution in [3.05, 3.63) is 41.3 Å². The molecule has 0 saturated carbocycles. The number of hydrogen-bond donors (Lipinski definition) is 2. The number of nitrogens with zero attached hydrogens (tertiary/aromatic N) is 2. The van der Waals surface area contributed by atoms with Gasteiger partial charge in [0.2, 0.25) is 5.91 Å². The lowest BCUT2D eigenvalue weighted by atomic mass is 10.2. The molecule has 0 bridgehead atoms. The van der Waals surface area contributed by atoms with Crippen LogP contribution in [-0.4, -0.2) is 41.8 Å². The van der Waals surface area contributed by atoms with Gasteiger partial charge in [-0.25, -0.2) is 9.02 Å². The molecule has 128 valence electrons. The van der Waals surface area contributed by atoms with Gasteiger partial charge < -0.3 is 15.4 Å². The fourth-order valence-corrected chi connectivity index (χ4v) is 1.77. The number of rotatable bonds is 8. The first-order valence-electron chi connectivity index (χ1n) is 7.28. The van der Waals surface area contributed by atoms with Crippen molar-refractivity contribution in [3.8, 4) is 5.88 Å². The summed E-state index contributed by atoms with van der Waals surface area (Å²) < 4.78 is 22.5. The molecule has 1 heterocycles. The van der Waals surface area contributed by atoms with E-state index in [1.165, 1.54) is 24.3 Å². The Hall–Kier alpha value is -2.97. The Morgan fingerprint density at radius 3 is 2.58 bits per heavy atom. The molecule has 0 unspecified atom stereocenters. The van der Waals surface area contributed by atoms with Gasteiger partial charge in [-0.05, 0) is 36.3 Å². The van der Waals surface area contributed by atoms with Crippen molar-refractivity contribution in [2.75, 3.05) is 19.7 Å². The van der Waals surface area contributed by atoms with Gasteiger partial charge in [-0.2, -0.15) is 0 Å². The molecule has 0 saturated heterocycles. The number of aryl methyl sites for hydroxylation is 1. The highest BCUT2D eigenvalue weighted by Gasteiger charge is 2.08. The van der Waals surface area contributed by atoms with Crippen molar-refractivity contribution >= 4 is 11.8 Å². The molecule has 0 radical (unpaired) electrons. The zero-order valence-corrected chi connectivity index (χ0v) is 13.0. The summed E-state index contributed by atoms with van der Waals surface area (Å²) in [7, 11) is 0. The summed E-state index contributed by atoms with van der Waals surface area (Å²) >= 11 is 0.